The van der Waals surface area contributed by atoms with Crippen LogP contribution >= 0.6 is 34.4 Å². The number of fused-ring (bicyclic) bond motifs is 1. The number of oxazole rings is 1. The molecule has 0 spiro atoms. The first-order valence-electron chi connectivity index (χ1n) is 7.20. The van der Waals surface area contributed by atoms with Gasteiger partial charge in [-0.25, -0.2) is 9.97 Å². The van der Waals surface area contributed by atoms with Crippen LogP contribution in [0.3, 0.4) is 0 Å². The second-order valence-electron chi connectivity index (χ2n) is 5.18. The van der Waals surface area contributed by atoms with Gasteiger partial charge in [0.2, 0.25) is 5.89 Å². The van der Waals surface area contributed by atoms with Gasteiger partial charge in [-0.15, -0.1) is 22.7 Å². The normalized spacial score (nSPS) is 11.4. The van der Waals surface area contributed by atoms with Crippen molar-refractivity contribution >= 4 is 44.7 Å². The molecular weight excluding hydrogens is 362 g/mol. The van der Waals surface area contributed by atoms with Crippen LogP contribution in [-0.4, -0.2) is 14.5 Å². The van der Waals surface area contributed by atoms with Crippen molar-refractivity contribution in [1.29, 1.82) is 0 Å². The Morgan fingerprint density at radius 1 is 1.25 bits per heavy atom. The fourth-order valence-electron chi connectivity index (χ4n) is 2.30. The van der Waals surface area contributed by atoms with Gasteiger partial charge in [-0.1, -0.05) is 17.8 Å². The Kier molecular flexibility index (Phi) is 4.03. The zero-order chi connectivity index (χ0) is 16.7. The maximum absolute atomic E-state index is 12.3. The molecule has 0 saturated carbocycles. The predicted molar refractivity (Wildman–Crippen MR) is 99.0 cm³/mol. The summed E-state index contributed by atoms with van der Waals surface area (Å²) in [4.78, 5) is 22.5. The first kappa shape index (κ1) is 15.6. The highest BCUT2D eigenvalue weighted by Crippen LogP contribution is 2.29. The molecule has 4 rings (SSSR count). The molecule has 24 heavy (non-hydrogen) atoms. The fourth-order valence-corrected chi connectivity index (χ4v) is 4.72. The Hall–Kier alpha value is -1.90. The monoisotopic (exact) mass is 375 g/mol. The molecule has 122 valence electrons. The lowest BCUT2D eigenvalue weighted by Gasteiger charge is -2.05. The molecule has 5 nitrogen and oxygen atoms in total. The minimum absolute atomic E-state index is 0.00588. The van der Waals surface area contributed by atoms with Crippen LogP contribution in [0.1, 0.15) is 11.5 Å². The molecule has 0 saturated heterocycles. The second-order valence-corrected chi connectivity index (χ2v) is 7.99. The quantitative estimate of drug-likeness (QED) is 0.393. The molecule has 0 atom stereocenters. The maximum Gasteiger partial charge on any atom is 0.271 e. The molecule has 0 aromatic carbocycles. The molecule has 0 N–H and O–H groups in total. The third kappa shape index (κ3) is 2.70. The van der Waals surface area contributed by atoms with Gasteiger partial charge in [-0.3, -0.25) is 9.36 Å². The molecule has 0 fully saturated rings. The Balaban J connectivity index is 1.61. The van der Waals surface area contributed by atoms with Crippen molar-refractivity contribution in [2.75, 3.05) is 0 Å². The molecule has 4 aromatic heterocycles. The fraction of sp³-hybridized carbons (Fsp3) is 0.188. The minimum atomic E-state index is -0.00588. The Morgan fingerprint density at radius 2 is 2.12 bits per heavy atom. The van der Waals surface area contributed by atoms with E-state index in [4.69, 9.17) is 4.42 Å². The van der Waals surface area contributed by atoms with Gasteiger partial charge in [0.05, 0.1) is 16.1 Å². The average Bonchev–Trinajstić information content (AvgIpc) is 3.30. The first-order valence-corrected chi connectivity index (χ1v) is 9.95. The topological polar surface area (TPSA) is 60.9 Å². The summed E-state index contributed by atoms with van der Waals surface area (Å²) < 4.78 is 8.05. The highest BCUT2D eigenvalue weighted by Gasteiger charge is 2.15. The van der Waals surface area contributed by atoms with E-state index in [1.807, 2.05) is 35.9 Å². The molecule has 0 bridgehead atoms. The van der Waals surface area contributed by atoms with Crippen LogP contribution in [-0.2, 0) is 12.8 Å². The molecular formula is C16H13N3O2S3. The number of aromatic nitrogens is 3. The van der Waals surface area contributed by atoms with Crippen molar-refractivity contribution in [2.24, 2.45) is 7.05 Å². The van der Waals surface area contributed by atoms with Crippen LogP contribution in [0, 0.1) is 6.92 Å². The van der Waals surface area contributed by atoms with Gasteiger partial charge in [0.25, 0.3) is 5.56 Å². The SMILES string of the molecule is Cc1oc(-c2cccs2)nc1CSc1nc2ccsc2c(=O)n1C. The number of thioether (sulfide) groups is 1. The van der Waals surface area contributed by atoms with Crippen LogP contribution < -0.4 is 5.56 Å². The summed E-state index contributed by atoms with van der Waals surface area (Å²) in [6, 6.07) is 5.84. The van der Waals surface area contributed by atoms with Crippen molar-refractivity contribution in [3.8, 4) is 10.8 Å². The van der Waals surface area contributed by atoms with Gasteiger partial charge in [0, 0.05) is 12.8 Å². The zero-order valence-corrected chi connectivity index (χ0v) is 15.4. The van der Waals surface area contributed by atoms with E-state index in [1.165, 1.54) is 23.1 Å². The molecule has 0 aliphatic rings. The summed E-state index contributed by atoms with van der Waals surface area (Å²) in [5, 5.41) is 4.58. The van der Waals surface area contributed by atoms with E-state index in [0.29, 0.717) is 21.5 Å². The highest BCUT2D eigenvalue weighted by molar-refractivity contribution is 7.98. The molecule has 4 heterocycles. The third-order valence-corrected chi connectivity index (χ3v) is 6.40. The van der Waals surface area contributed by atoms with E-state index in [9.17, 15) is 4.79 Å². The van der Waals surface area contributed by atoms with E-state index in [0.717, 1.165) is 21.8 Å². The average molecular weight is 376 g/mol. The van der Waals surface area contributed by atoms with Gasteiger partial charge < -0.3 is 4.42 Å². The van der Waals surface area contributed by atoms with Gasteiger partial charge in [0.15, 0.2) is 5.16 Å². The van der Waals surface area contributed by atoms with Crippen molar-refractivity contribution < 1.29 is 4.42 Å². The summed E-state index contributed by atoms with van der Waals surface area (Å²) in [5.74, 6) is 2.05. The highest BCUT2D eigenvalue weighted by atomic mass is 32.2. The summed E-state index contributed by atoms with van der Waals surface area (Å²) >= 11 is 4.52. The molecule has 0 amide bonds. The summed E-state index contributed by atoms with van der Waals surface area (Å²) in [5.41, 5.74) is 1.62. The van der Waals surface area contributed by atoms with E-state index < -0.39 is 0 Å². The lowest BCUT2D eigenvalue weighted by Crippen LogP contribution is -2.18. The number of nitrogens with zero attached hydrogens (tertiary/aromatic N) is 3. The maximum atomic E-state index is 12.3. The lowest BCUT2D eigenvalue weighted by molar-refractivity contribution is 0.542. The smallest absolute Gasteiger partial charge is 0.271 e. The van der Waals surface area contributed by atoms with Crippen LogP contribution in [0.4, 0.5) is 0 Å². The predicted octanol–water partition coefficient (Wildman–Crippen LogP) is 4.31. The molecule has 8 heteroatoms. The number of thiophene rings is 2. The number of hydrogen-bond acceptors (Lipinski definition) is 7. The van der Waals surface area contributed by atoms with E-state index in [1.54, 1.807) is 23.0 Å². The van der Waals surface area contributed by atoms with Crippen molar-refractivity contribution in [2.45, 2.75) is 17.8 Å². The van der Waals surface area contributed by atoms with E-state index in [2.05, 4.69) is 9.97 Å². The van der Waals surface area contributed by atoms with E-state index in [-0.39, 0.29) is 5.56 Å². The molecule has 0 aliphatic carbocycles. The summed E-state index contributed by atoms with van der Waals surface area (Å²) in [7, 11) is 1.75. The molecule has 0 aliphatic heterocycles. The van der Waals surface area contributed by atoms with Crippen LogP contribution in [0.15, 0.2) is 43.3 Å². The van der Waals surface area contributed by atoms with E-state index >= 15 is 0 Å². The Morgan fingerprint density at radius 3 is 2.92 bits per heavy atom. The Labute approximate surface area is 150 Å². The zero-order valence-electron chi connectivity index (χ0n) is 13.0. The largest absolute Gasteiger partial charge is 0.440 e. The second kappa shape index (κ2) is 6.19. The van der Waals surface area contributed by atoms with Gasteiger partial charge >= 0.3 is 0 Å². The van der Waals surface area contributed by atoms with Crippen LogP contribution in [0.5, 0.6) is 0 Å². The summed E-state index contributed by atoms with van der Waals surface area (Å²) in [6.45, 7) is 1.91. The van der Waals surface area contributed by atoms with Gasteiger partial charge in [-0.05, 0) is 29.8 Å². The Bertz CT molecular complexity index is 1060. The first-order chi connectivity index (χ1) is 11.6. The number of rotatable bonds is 4. The van der Waals surface area contributed by atoms with Gasteiger partial charge in [-0.2, -0.15) is 0 Å². The summed E-state index contributed by atoms with van der Waals surface area (Å²) in [6.07, 6.45) is 0. The minimum Gasteiger partial charge on any atom is -0.440 e. The van der Waals surface area contributed by atoms with Crippen molar-refractivity contribution in [1.82, 2.24) is 14.5 Å². The van der Waals surface area contributed by atoms with Crippen LogP contribution in [0.25, 0.3) is 21.0 Å². The molecule has 0 radical (unpaired) electrons. The lowest BCUT2D eigenvalue weighted by atomic mass is 10.4. The van der Waals surface area contributed by atoms with Crippen molar-refractivity contribution in [3.05, 3.63) is 50.8 Å². The van der Waals surface area contributed by atoms with Gasteiger partial charge in [0.1, 0.15) is 10.5 Å². The number of aryl methyl sites for hydroxylation is 1. The standard InChI is InChI=1S/C16H13N3O2S3/c1-9-11(17-14(21-9)12-4-3-6-22-12)8-24-16-18-10-5-7-23-13(10)15(20)19(16)2/h3-7H,8H2,1-2H3. The van der Waals surface area contributed by atoms with Crippen LogP contribution in [0.2, 0.25) is 0 Å². The molecule has 4 aromatic rings. The molecule has 0 unspecified atom stereocenters. The third-order valence-electron chi connectivity index (χ3n) is 3.61. The number of hydrogen-bond donors (Lipinski definition) is 0. The van der Waals surface area contributed by atoms with Crippen molar-refractivity contribution in [3.63, 3.8) is 0 Å².